The van der Waals surface area contributed by atoms with E-state index in [-0.39, 0.29) is 0 Å². The highest BCUT2D eigenvalue weighted by Gasteiger charge is 2.18. The molecule has 0 spiro atoms. The van der Waals surface area contributed by atoms with E-state index in [1.807, 2.05) is 4.90 Å². The predicted molar refractivity (Wildman–Crippen MR) is 56.3 cm³/mol. The molecule has 16 heavy (non-hydrogen) atoms. The number of nitrogens with zero attached hydrogens (tertiary/aromatic N) is 5. The summed E-state index contributed by atoms with van der Waals surface area (Å²) in [5, 5.41) is 8.56. The SMILES string of the molecule is N#CCN1CCN(c2ncc(F)cn2)CC1. The summed E-state index contributed by atoms with van der Waals surface area (Å²) in [6, 6.07) is 2.13. The standard InChI is InChI=1S/C10H12FN5/c11-9-7-13-10(14-8-9)16-5-3-15(2-1-12)4-6-16/h7-8H,2-6H2. The summed E-state index contributed by atoms with van der Waals surface area (Å²) in [6.07, 6.45) is 2.34. The summed E-state index contributed by atoms with van der Waals surface area (Å²) in [6.45, 7) is 3.63. The van der Waals surface area contributed by atoms with Gasteiger partial charge in [-0.2, -0.15) is 5.26 Å². The van der Waals surface area contributed by atoms with E-state index < -0.39 is 5.82 Å². The zero-order valence-electron chi connectivity index (χ0n) is 8.80. The van der Waals surface area contributed by atoms with Gasteiger partial charge in [-0.15, -0.1) is 0 Å². The minimum absolute atomic E-state index is 0.424. The van der Waals surface area contributed by atoms with Gasteiger partial charge in [0.05, 0.1) is 25.0 Å². The molecular weight excluding hydrogens is 209 g/mol. The number of rotatable bonds is 2. The fraction of sp³-hybridized carbons (Fsp3) is 0.500. The van der Waals surface area contributed by atoms with E-state index in [1.165, 1.54) is 12.4 Å². The maximum Gasteiger partial charge on any atom is 0.225 e. The van der Waals surface area contributed by atoms with Crippen molar-refractivity contribution in [2.75, 3.05) is 37.6 Å². The fourth-order valence-corrected chi connectivity index (χ4v) is 1.67. The monoisotopic (exact) mass is 221 g/mol. The van der Waals surface area contributed by atoms with Crippen LogP contribution in [0, 0.1) is 17.1 Å². The van der Waals surface area contributed by atoms with E-state index in [4.69, 9.17) is 5.26 Å². The van der Waals surface area contributed by atoms with Gasteiger partial charge in [0.1, 0.15) is 0 Å². The normalized spacial score (nSPS) is 17.1. The summed E-state index contributed by atoms with van der Waals surface area (Å²) in [4.78, 5) is 11.9. The van der Waals surface area contributed by atoms with Gasteiger partial charge in [-0.3, -0.25) is 4.90 Å². The number of hydrogen-bond acceptors (Lipinski definition) is 5. The van der Waals surface area contributed by atoms with Crippen molar-refractivity contribution in [2.24, 2.45) is 0 Å². The molecule has 0 atom stereocenters. The van der Waals surface area contributed by atoms with Gasteiger partial charge in [-0.25, -0.2) is 14.4 Å². The first-order chi connectivity index (χ1) is 7.79. The second-order valence-corrected chi connectivity index (χ2v) is 3.62. The molecule has 0 unspecified atom stereocenters. The Bertz CT molecular complexity index is 377. The van der Waals surface area contributed by atoms with E-state index in [0.717, 1.165) is 26.2 Å². The molecule has 2 heterocycles. The highest BCUT2D eigenvalue weighted by atomic mass is 19.1. The molecule has 1 aromatic heterocycles. The minimum atomic E-state index is -0.424. The maximum atomic E-state index is 12.6. The highest BCUT2D eigenvalue weighted by Crippen LogP contribution is 2.09. The molecule has 2 rings (SSSR count). The molecule has 1 aliphatic rings. The minimum Gasteiger partial charge on any atom is -0.338 e. The average molecular weight is 221 g/mol. The highest BCUT2D eigenvalue weighted by molar-refractivity contribution is 5.29. The van der Waals surface area contributed by atoms with Crippen molar-refractivity contribution in [1.82, 2.24) is 14.9 Å². The summed E-state index contributed by atoms with van der Waals surface area (Å²) in [7, 11) is 0. The van der Waals surface area contributed by atoms with Gasteiger partial charge in [0.15, 0.2) is 5.82 Å². The predicted octanol–water partition coefficient (Wildman–Crippen LogP) is 0.261. The third kappa shape index (κ3) is 2.44. The number of piperazine rings is 1. The van der Waals surface area contributed by atoms with Crippen molar-refractivity contribution in [3.8, 4) is 6.07 Å². The molecule has 0 saturated carbocycles. The van der Waals surface area contributed by atoms with Gasteiger partial charge in [-0.1, -0.05) is 0 Å². The Hall–Kier alpha value is -1.74. The van der Waals surface area contributed by atoms with Crippen molar-refractivity contribution in [3.05, 3.63) is 18.2 Å². The Kier molecular flexibility index (Phi) is 3.27. The quantitative estimate of drug-likeness (QED) is 0.670. The topological polar surface area (TPSA) is 56.1 Å². The van der Waals surface area contributed by atoms with Crippen LogP contribution in [0.4, 0.5) is 10.3 Å². The lowest BCUT2D eigenvalue weighted by atomic mass is 10.3. The van der Waals surface area contributed by atoms with Crippen LogP contribution < -0.4 is 4.90 Å². The van der Waals surface area contributed by atoms with E-state index in [2.05, 4.69) is 20.9 Å². The van der Waals surface area contributed by atoms with Crippen molar-refractivity contribution < 1.29 is 4.39 Å². The van der Waals surface area contributed by atoms with Crippen molar-refractivity contribution in [1.29, 1.82) is 5.26 Å². The van der Waals surface area contributed by atoms with Crippen LogP contribution in [-0.2, 0) is 0 Å². The van der Waals surface area contributed by atoms with Crippen LogP contribution in [-0.4, -0.2) is 47.6 Å². The van der Waals surface area contributed by atoms with Gasteiger partial charge >= 0.3 is 0 Å². The van der Waals surface area contributed by atoms with Crippen LogP contribution >= 0.6 is 0 Å². The number of anilines is 1. The van der Waals surface area contributed by atoms with E-state index in [9.17, 15) is 4.39 Å². The molecule has 1 aromatic rings. The molecule has 0 aliphatic carbocycles. The van der Waals surface area contributed by atoms with E-state index in [0.29, 0.717) is 12.5 Å². The van der Waals surface area contributed by atoms with Crippen LogP contribution in [0.5, 0.6) is 0 Å². The number of hydrogen-bond donors (Lipinski definition) is 0. The van der Waals surface area contributed by atoms with Crippen LogP contribution in [0.15, 0.2) is 12.4 Å². The van der Waals surface area contributed by atoms with Crippen LogP contribution in [0.2, 0.25) is 0 Å². The second kappa shape index (κ2) is 4.86. The summed E-state index contributed by atoms with van der Waals surface area (Å²) in [5.41, 5.74) is 0. The van der Waals surface area contributed by atoms with Crippen LogP contribution in [0.3, 0.4) is 0 Å². The average Bonchev–Trinajstić information content (AvgIpc) is 2.32. The zero-order chi connectivity index (χ0) is 11.4. The Morgan fingerprint density at radius 1 is 1.25 bits per heavy atom. The largest absolute Gasteiger partial charge is 0.338 e. The van der Waals surface area contributed by atoms with Gasteiger partial charge < -0.3 is 4.90 Å². The van der Waals surface area contributed by atoms with E-state index >= 15 is 0 Å². The zero-order valence-corrected chi connectivity index (χ0v) is 8.80. The Labute approximate surface area is 93.1 Å². The molecule has 0 amide bonds. The first kappa shape index (κ1) is 10.8. The lowest BCUT2D eigenvalue weighted by Gasteiger charge is -2.33. The number of aromatic nitrogens is 2. The molecule has 0 radical (unpaired) electrons. The maximum absolute atomic E-state index is 12.6. The number of halogens is 1. The molecule has 6 heteroatoms. The molecule has 0 N–H and O–H groups in total. The molecule has 0 bridgehead atoms. The Morgan fingerprint density at radius 2 is 1.88 bits per heavy atom. The van der Waals surface area contributed by atoms with Gasteiger partial charge in [0.2, 0.25) is 5.95 Å². The van der Waals surface area contributed by atoms with Crippen molar-refractivity contribution in [2.45, 2.75) is 0 Å². The number of nitriles is 1. The Morgan fingerprint density at radius 3 is 2.44 bits per heavy atom. The smallest absolute Gasteiger partial charge is 0.225 e. The fourth-order valence-electron chi connectivity index (χ4n) is 1.67. The van der Waals surface area contributed by atoms with E-state index in [1.54, 1.807) is 0 Å². The summed E-state index contributed by atoms with van der Waals surface area (Å²) >= 11 is 0. The molecule has 84 valence electrons. The molecule has 0 aromatic carbocycles. The second-order valence-electron chi connectivity index (χ2n) is 3.62. The molecular formula is C10H12FN5. The lowest BCUT2D eigenvalue weighted by Crippen LogP contribution is -2.47. The van der Waals surface area contributed by atoms with Crippen LogP contribution in [0.1, 0.15) is 0 Å². The van der Waals surface area contributed by atoms with Gasteiger partial charge in [0, 0.05) is 26.2 Å². The van der Waals surface area contributed by atoms with Gasteiger partial charge in [0.25, 0.3) is 0 Å². The van der Waals surface area contributed by atoms with Crippen LogP contribution in [0.25, 0.3) is 0 Å². The van der Waals surface area contributed by atoms with Crippen molar-refractivity contribution >= 4 is 5.95 Å². The summed E-state index contributed by atoms with van der Waals surface area (Å²) in [5.74, 6) is 0.130. The molecule has 1 saturated heterocycles. The van der Waals surface area contributed by atoms with Crippen molar-refractivity contribution in [3.63, 3.8) is 0 Å². The summed E-state index contributed by atoms with van der Waals surface area (Å²) < 4.78 is 12.6. The first-order valence-electron chi connectivity index (χ1n) is 5.11. The molecule has 1 fully saturated rings. The van der Waals surface area contributed by atoms with Gasteiger partial charge in [-0.05, 0) is 0 Å². The first-order valence-corrected chi connectivity index (χ1v) is 5.11. The molecule has 1 aliphatic heterocycles. The third-order valence-corrected chi connectivity index (χ3v) is 2.56. The third-order valence-electron chi connectivity index (χ3n) is 2.56. The molecule has 5 nitrogen and oxygen atoms in total. The lowest BCUT2D eigenvalue weighted by molar-refractivity contribution is 0.285. The Balaban J connectivity index is 1.94.